The fourth-order valence-corrected chi connectivity index (χ4v) is 1.64. The van der Waals surface area contributed by atoms with Gasteiger partial charge in [-0.05, 0) is 17.2 Å². The van der Waals surface area contributed by atoms with Crippen LogP contribution in [-0.2, 0) is 0 Å². The first-order valence-electron chi connectivity index (χ1n) is 4.78. The molecule has 1 nitrogen and oxygen atoms in total. The third-order valence-electron chi connectivity index (χ3n) is 2.16. The van der Waals surface area contributed by atoms with E-state index in [1.54, 1.807) is 6.20 Å². The van der Waals surface area contributed by atoms with Crippen molar-refractivity contribution in [3.63, 3.8) is 0 Å². The quantitative estimate of drug-likeness (QED) is 0.542. The van der Waals surface area contributed by atoms with Gasteiger partial charge in [-0.1, -0.05) is 36.1 Å². The molecule has 1 aromatic rings. The van der Waals surface area contributed by atoms with Gasteiger partial charge in [-0.25, -0.2) is 0 Å². The normalized spacial score (nSPS) is 15.3. The highest BCUT2D eigenvalue weighted by Gasteiger charge is 2.00. The maximum Gasteiger partial charge on any atom is 0.0694 e. The van der Waals surface area contributed by atoms with Crippen LogP contribution in [0.3, 0.4) is 0 Å². The summed E-state index contributed by atoms with van der Waals surface area (Å²) in [5.41, 5.74) is 5.39. The molecule has 0 radical (unpaired) electrons. The van der Waals surface area contributed by atoms with E-state index in [-0.39, 0.29) is 0 Å². The first kappa shape index (κ1) is 10.0. The molecule has 0 saturated carbocycles. The average molecular weight is 213 g/mol. The van der Waals surface area contributed by atoms with Crippen LogP contribution in [-0.4, -0.2) is 6.21 Å². The molecule has 0 N–H and O–H groups in total. The zero-order chi connectivity index (χ0) is 10.5. The molecule has 1 aliphatic rings. The van der Waals surface area contributed by atoms with Crippen molar-refractivity contribution in [1.82, 2.24) is 0 Å². The lowest BCUT2D eigenvalue weighted by atomic mass is 10.0. The molecule has 0 spiro atoms. The highest BCUT2D eigenvalue weighted by molar-refractivity contribution is 7.84. The first-order valence-corrected chi connectivity index (χ1v) is 5.23. The minimum atomic E-state index is 0.811. The number of benzene rings is 1. The summed E-state index contributed by atoms with van der Waals surface area (Å²) >= 11 is 4.31. The predicted octanol–water partition coefficient (Wildman–Crippen LogP) is 3.47. The van der Waals surface area contributed by atoms with Gasteiger partial charge in [0.25, 0.3) is 0 Å². The Balaban J connectivity index is 2.42. The first-order chi connectivity index (χ1) is 7.36. The molecule has 0 saturated heterocycles. The van der Waals surface area contributed by atoms with E-state index < -0.39 is 0 Å². The minimum absolute atomic E-state index is 0.811. The van der Waals surface area contributed by atoms with E-state index in [0.29, 0.717) is 0 Å². The van der Waals surface area contributed by atoms with Gasteiger partial charge >= 0.3 is 0 Å². The molecule has 1 heterocycles. The van der Waals surface area contributed by atoms with Gasteiger partial charge in [0.05, 0.1) is 6.20 Å². The fraction of sp³-hybridized carbons (Fsp3) is 0.0769. The third-order valence-corrected chi connectivity index (χ3v) is 2.42. The molecule has 0 fully saturated rings. The number of rotatable bonds is 1. The number of allylic oxidation sites excluding steroid dienone is 2. The Labute approximate surface area is 95.0 Å². The summed E-state index contributed by atoms with van der Waals surface area (Å²) in [6.07, 6.45) is 6.37. The zero-order valence-corrected chi connectivity index (χ0v) is 9.11. The molecule has 2 heteroatoms. The van der Waals surface area contributed by atoms with Crippen LogP contribution in [0, 0.1) is 0 Å². The Morgan fingerprint density at radius 3 is 2.80 bits per heavy atom. The van der Waals surface area contributed by atoms with Gasteiger partial charge in [0, 0.05) is 17.5 Å². The lowest BCUT2D eigenvalue weighted by Crippen LogP contribution is -1.87. The van der Waals surface area contributed by atoms with Crippen LogP contribution in [0.2, 0.25) is 0 Å². The molecule has 1 aromatic carbocycles. The van der Waals surface area contributed by atoms with E-state index >= 15 is 0 Å². The van der Waals surface area contributed by atoms with Gasteiger partial charge in [0.2, 0.25) is 0 Å². The lowest BCUT2D eigenvalue weighted by molar-refractivity contribution is 1.44. The van der Waals surface area contributed by atoms with E-state index in [4.69, 9.17) is 0 Å². The summed E-state index contributed by atoms with van der Waals surface area (Å²) in [5, 5.41) is 0. The van der Waals surface area contributed by atoms with Crippen molar-refractivity contribution >= 4 is 24.4 Å². The molecule has 74 valence electrons. The summed E-state index contributed by atoms with van der Waals surface area (Å²) < 4.78 is 0. The second-order valence-corrected chi connectivity index (χ2v) is 3.71. The molecule has 0 aromatic heterocycles. The Morgan fingerprint density at radius 2 is 2.00 bits per heavy atom. The van der Waals surface area contributed by atoms with Crippen molar-refractivity contribution in [2.45, 2.75) is 6.42 Å². The van der Waals surface area contributed by atoms with Crippen LogP contribution < -0.4 is 0 Å². The largest absolute Gasteiger partial charge is 0.260 e. The maximum atomic E-state index is 4.31. The van der Waals surface area contributed by atoms with Crippen LogP contribution in [0.4, 0.5) is 0 Å². The summed E-state index contributed by atoms with van der Waals surface area (Å²) in [5.74, 6) is 0. The Morgan fingerprint density at radius 1 is 1.20 bits per heavy atom. The van der Waals surface area contributed by atoms with E-state index in [0.717, 1.165) is 11.3 Å². The predicted molar refractivity (Wildman–Crippen MR) is 68.1 cm³/mol. The zero-order valence-electron chi connectivity index (χ0n) is 8.22. The lowest BCUT2D eigenvalue weighted by Gasteiger charge is -2.05. The van der Waals surface area contributed by atoms with Gasteiger partial charge in [-0.3, -0.25) is 4.99 Å². The molecule has 2 rings (SSSR count). The van der Waals surface area contributed by atoms with Gasteiger partial charge in [-0.2, -0.15) is 0 Å². The van der Waals surface area contributed by atoms with Crippen LogP contribution in [0.15, 0.2) is 58.2 Å². The second-order valence-electron chi connectivity index (χ2n) is 3.23. The van der Waals surface area contributed by atoms with Crippen LogP contribution >= 0.6 is 12.6 Å². The molecule has 0 amide bonds. The third kappa shape index (κ3) is 2.72. The molecule has 0 unspecified atom stereocenters. The van der Waals surface area contributed by atoms with Gasteiger partial charge in [-0.15, -0.1) is 12.6 Å². The van der Waals surface area contributed by atoms with Gasteiger partial charge in [0.15, 0.2) is 0 Å². The van der Waals surface area contributed by atoms with Crippen molar-refractivity contribution in [2.75, 3.05) is 0 Å². The van der Waals surface area contributed by atoms with Crippen molar-refractivity contribution in [3.8, 4) is 0 Å². The number of hydrogen-bond donors (Lipinski definition) is 1. The molecule has 0 aliphatic carbocycles. The van der Waals surface area contributed by atoms with E-state index in [9.17, 15) is 0 Å². The summed E-state index contributed by atoms with van der Waals surface area (Å²) in [4.78, 5) is 4.90. The van der Waals surface area contributed by atoms with Crippen molar-refractivity contribution in [2.24, 2.45) is 4.99 Å². The van der Waals surface area contributed by atoms with Crippen LogP contribution in [0.5, 0.6) is 0 Å². The minimum Gasteiger partial charge on any atom is -0.260 e. The topological polar surface area (TPSA) is 12.4 Å². The van der Waals surface area contributed by atoms with E-state index in [2.05, 4.69) is 35.5 Å². The monoisotopic (exact) mass is 213 g/mol. The van der Waals surface area contributed by atoms with Gasteiger partial charge < -0.3 is 0 Å². The molecule has 0 bridgehead atoms. The highest BCUT2D eigenvalue weighted by Crippen LogP contribution is 2.20. The maximum absolute atomic E-state index is 4.31. The number of hydrogen-bond acceptors (Lipinski definition) is 2. The Hall–Kier alpha value is -1.50. The van der Waals surface area contributed by atoms with E-state index in [1.807, 2.05) is 30.5 Å². The molecule has 1 aliphatic heterocycles. The van der Waals surface area contributed by atoms with Crippen LogP contribution in [0.1, 0.15) is 12.0 Å². The number of aliphatic imine (C=N–C) groups is 1. The Bertz CT molecular complexity index is 463. The summed E-state index contributed by atoms with van der Waals surface area (Å²) in [6, 6.07) is 10.3. The number of nitrogens with zero attached hydrogens (tertiary/aromatic N) is 1. The van der Waals surface area contributed by atoms with E-state index in [1.165, 1.54) is 11.1 Å². The van der Waals surface area contributed by atoms with Crippen molar-refractivity contribution < 1.29 is 0 Å². The van der Waals surface area contributed by atoms with Gasteiger partial charge in [0.1, 0.15) is 0 Å². The standard InChI is InChI=1S/C13H11NS/c15-13-7-9-14-8-6-12(10-13)11-4-2-1-3-5-11/h1-5,8-10,15H,6H2. The summed E-state index contributed by atoms with van der Waals surface area (Å²) in [6.45, 7) is 0. The smallest absolute Gasteiger partial charge is 0.0694 e. The average Bonchev–Trinajstić information content (AvgIpc) is 2.24. The molecule has 0 atom stereocenters. The van der Waals surface area contributed by atoms with Crippen molar-refractivity contribution in [3.05, 3.63) is 58.8 Å². The summed E-state index contributed by atoms with van der Waals surface area (Å²) in [7, 11) is 0. The SMILES string of the molecule is SC1=C=CN=CCC(c2ccccc2)=C1. The highest BCUT2D eigenvalue weighted by atomic mass is 32.1. The number of thiol groups is 1. The van der Waals surface area contributed by atoms with Crippen molar-refractivity contribution in [1.29, 1.82) is 0 Å². The fourth-order valence-electron chi connectivity index (χ4n) is 1.43. The Kier molecular flexibility index (Phi) is 3.23. The van der Waals surface area contributed by atoms with Crippen LogP contribution in [0.25, 0.3) is 5.57 Å². The molecule has 15 heavy (non-hydrogen) atoms. The molecular formula is C13H11NS. The molecular weight excluding hydrogens is 202 g/mol. The second kappa shape index (κ2) is 4.83.